The van der Waals surface area contributed by atoms with Gasteiger partial charge in [0.2, 0.25) is 10.3 Å². The van der Waals surface area contributed by atoms with Gasteiger partial charge in [-0.1, -0.05) is 34.8 Å². The average molecular weight is 545 g/mol. The van der Waals surface area contributed by atoms with Crippen LogP contribution in [0.15, 0.2) is 97.3 Å². The van der Waals surface area contributed by atoms with E-state index in [0.29, 0.717) is 10.3 Å². The fourth-order valence-corrected chi connectivity index (χ4v) is 4.53. The zero-order valence-corrected chi connectivity index (χ0v) is 21.1. The highest BCUT2D eigenvalue weighted by molar-refractivity contribution is 7.18. The maximum atomic E-state index is 12.8. The molecule has 0 saturated carbocycles. The lowest BCUT2D eigenvalue weighted by molar-refractivity contribution is 0.627. The molecule has 12 heteroatoms. The van der Waals surface area contributed by atoms with Crippen LogP contribution in [0.2, 0.25) is 0 Å². The summed E-state index contributed by atoms with van der Waals surface area (Å²) in [6, 6.07) is 23.4. The largest absolute Gasteiger partial charge is 0.330 e. The van der Waals surface area contributed by atoms with Crippen LogP contribution in [0.25, 0.3) is 21.4 Å². The molecule has 0 spiro atoms. The van der Waals surface area contributed by atoms with Gasteiger partial charge in [0.15, 0.2) is 10.0 Å². The minimum Gasteiger partial charge on any atom is -0.330 e. The smallest absolute Gasteiger partial charge is 0.210 e. The summed E-state index contributed by atoms with van der Waals surface area (Å²) in [7, 11) is 0. The fraction of sp³-hybridized carbons (Fsp3) is 0. The Labute approximate surface area is 224 Å². The van der Waals surface area contributed by atoms with Gasteiger partial charge in [-0.2, -0.15) is 0 Å². The van der Waals surface area contributed by atoms with E-state index in [1.807, 2.05) is 36.4 Å². The Morgan fingerprint density at radius 3 is 1.29 bits per heavy atom. The second-order valence-electron chi connectivity index (χ2n) is 7.52. The molecule has 6 aromatic rings. The Morgan fingerprint density at radius 1 is 0.500 bits per heavy atom. The Balaban J connectivity index is 0.000000155. The summed E-state index contributed by atoms with van der Waals surface area (Å²) in [6.07, 6.45) is 3.42. The summed E-state index contributed by atoms with van der Waals surface area (Å²) in [5.74, 6) is -0.533. The van der Waals surface area contributed by atoms with Gasteiger partial charge in [0, 0.05) is 23.8 Å². The molecule has 0 unspecified atom stereocenters. The van der Waals surface area contributed by atoms with Crippen molar-refractivity contribution in [1.29, 1.82) is 0 Å². The molecule has 4 heterocycles. The molecule has 8 nitrogen and oxygen atoms in total. The van der Waals surface area contributed by atoms with Gasteiger partial charge in [-0.05, 0) is 72.8 Å². The number of hydrogen-bond donors (Lipinski definition) is 2. The molecule has 0 saturated heterocycles. The Kier molecular flexibility index (Phi) is 7.92. The lowest BCUT2D eigenvalue weighted by atomic mass is 10.3. The number of hydrogen-bond acceptors (Lipinski definition) is 10. The number of aromatic nitrogens is 6. The third-order valence-electron chi connectivity index (χ3n) is 4.81. The molecule has 0 fully saturated rings. The summed E-state index contributed by atoms with van der Waals surface area (Å²) < 4.78 is 25.6. The Bertz CT molecular complexity index is 1450. The first kappa shape index (κ1) is 25.0. The standard InChI is InChI=1S/2C13H9FN4S/c2*14-9-4-6-10(7-5-9)16-13-18-17-12(19-13)11-3-1-2-8-15-11/h2*1-8H,(H,16,18). The van der Waals surface area contributed by atoms with Crippen LogP contribution in [0.4, 0.5) is 30.4 Å². The summed E-state index contributed by atoms with van der Waals surface area (Å²) in [4.78, 5) is 8.42. The number of benzene rings is 2. The monoisotopic (exact) mass is 544 g/mol. The molecule has 6 rings (SSSR count). The van der Waals surface area contributed by atoms with Crippen LogP contribution in [-0.2, 0) is 0 Å². The predicted octanol–water partition coefficient (Wildman–Crippen LogP) is 6.97. The highest BCUT2D eigenvalue weighted by Gasteiger charge is 2.08. The van der Waals surface area contributed by atoms with Crippen LogP contribution < -0.4 is 10.6 Å². The van der Waals surface area contributed by atoms with Gasteiger partial charge < -0.3 is 10.6 Å². The Hall–Kier alpha value is -4.68. The van der Waals surface area contributed by atoms with Crippen molar-refractivity contribution in [1.82, 2.24) is 30.4 Å². The minimum absolute atomic E-state index is 0.267. The van der Waals surface area contributed by atoms with E-state index < -0.39 is 0 Å². The molecule has 0 radical (unpaired) electrons. The zero-order valence-electron chi connectivity index (χ0n) is 19.5. The molecule has 0 bridgehead atoms. The number of pyridine rings is 2. The zero-order chi connectivity index (χ0) is 26.2. The van der Waals surface area contributed by atoms with E-state index in [4.69, 9.17) is 0 Å². The van der Waals surface area contributed by atoms with E-state index in [2.05, 4.69) is 41.0 Å². The van der Waals surface area contributed by atoms with E-state index in [1.54, 1.807) is 36.7 Å². The molecule has 0 atom stereocenters. The quantitative estimate of drug-likeness (QED) is 0.232. The average Bonchev–Trinajstić information content (AvgIpc) is 3.63. The molecule has 38 heavy (non-hydrogen) atoms. The number of rotatable bonds is 6. The van der Waals surface area contributed by atoms with E-state index in [0.717, 1.165) is 32.8 Å². The summed E-state index contributed by atoms with van der Waals surface area (Å²) >= 11 is 2.79. The normalized spacial score (nSPS) is 10.4. The van der Waals surface area contributed by atoms with E-state index in [-0.39, 0.29) is 11.6 Å². The first-order valence-corrected chi connectivity index (χ1v) is 12.8. The third kappa shape index (κ3) is 6.75. The topological polar surface area (TPSA) is 101 Å². The van der Waals surface area contributed by atoms with Crippen LogP contribution in [0.1, 0.15) is 0 Å². The molecular formula is C26H18F2N8S2. The van der Waals surface area contributed by atoms with Crippen molar-refractivity contribution in [3.63, 3.8) is 0 Å². The first-order valence-electron chi connectivity index (χ1n) is 11.2. The molecule has 4 aromatic heterocycles. The van der Waals surface area contributed by atoms with Crippen molar-refractivity contribution in [2.24, 2.45) is 0 Å². The van der Waals surface area contributed by atoms with Gasteiger partial charge >= 0.3 is 0 Å². The van der Waals surface area contributed by atoms with Crippen molar-refractivity contribution in [2.45, 2.75) is 0 Å². The number of nitrogens with zero attached hydrogens (tertiary/aromatic N) is 6. The van der Waals surface area contributed by atoms with Crippen molar-refractivity contribution in [3.8, 4) is 21.4 Å². The summed E-state index contributed by atoms with van der Waals surface area (Å²) in [5.41, 5.74) is 3.11. The van der Waals surface area contributed by atoms with Crippen molar-refractivity contribution < 1.29 is 8.78 Å². The van der Waals surface area contributed by atoms with Gasteiger partial charge in [0.25, 0.3) is 0 Å². The minimum atomic E-state index is -0.267. The van der Waals surface area contributed by atoms with Gasteiger partial charge in [-0.3, -0.25) is 9.97 Å². The van der Waals surface area contributed by atoms with E-state index in [1.165, 1.54) is 46.9 Å². The van der Waals surface area contributed by atoms with Crippen LogP contribution in [0.3, 0.4) is 0 Å². The molecule has 0 aliphatic carbocycles. The van der Waals surface area contributed by atoms with Crippen LogP contribution >= 0.6 is 22.7 Å². The highest BCUT2D eigenvalue weighted by atomic mass is 32.1. The van der Waals surface area contributed by atoms with Crippen LogP contribution in [-0.4, -0.2) is 30.4 Å². The van der Waals surface area contributed by atoms with E-state index in [9.17, 15) is 8.78 Å². The van der Waals surface area contributed by atoms with Gasteiger partial charge in [0.1, 0.15) is 23.0 Å². The lowest BCUT2D eigenvalue weighted by Crippen LogP contribution is -1.89. The van der Waals surface area contributed by atoms with Crippen molar-refractivity contribution >= 4 is 44.3 Å². The number of nitrogens with one attached hydrogen (secondary N) is 2. The molecule has 2 N–H and O–H groups in total. The fourth-order valence-electron chi connectivity index (χ4n) is 3.05. The van der Waals surface area contributed by atoms with Crippen molar-refractivity contribution in [2.75, 3.05) is 10.6 Å². The maximum Gasteiger partial charge on any atom is 0.210 e. The Morgan fingerprint density at radius 2 is 0.921 bits per heavy atom. The number of halogens is 2. The second kappa shape index (κ2) is 12.0. The molecule has 0 aliphatic heterocycles. The SMILES string of the molecule is Fc1ccc(Nc2nnc(-c3ccccn3)s2)cc1.Fc1ccc(Nc2nnc(-c3ccccn3)s2)cc1. The van der Waals surface area contributed by atoms with Gasteiger partial charge in [-0.25, -0.2) is 8.78 Å². The third-order valence-corrected chi connectivity index (χ3v) is 6.53. The summed E-state index contributed by atoms with van der Waals surface area (Å²) in [6.45, 7) is 0. The lowest BCUT2D eigenvalue weighted by Gasteiger charge is -2.00. The molecule has 0 amide bonds. The number of anilines is 4. The van der Waals surface area contributed by atoms with E-state index >= 15 is 0 Å². The molecular weight excluding hydrogens is 526 g/mol. The van der Waals surface area contributed by atoms with Crippen LogP contribution in [0.5, 0.6) is 0 Å². The summed E-state index contributed by atoms with van der Waals surface area (Å²) in [5, 5.41) is 25.1. The second-order valence-corrected chi connectivity index (χ2v) is 9.47. The van der Waals surface area contributed by atoms with Gasteiger partial charge in [-0.15, -0.1) is 20.4 Å². The predicted molar refractivity (Wildman–Crippen MR) is 146 cm³/mol. The maximum absolute atomic E-state index is 12.8. The van der Waals surface area contributed by atoms with Gasteiger partial charge in [0.05, 0.1) is 0 Å². The highest BCUT2D eigenvalue weighted by Crippen LogP contribution is 2.28. The van der Waals surface area contributed by atoms with Crippen molar-refractivity contribution in [3.05, 3.63) is 109 Å². The molecule has 188 valence electrons. The molecule has 2 aromatic carbocycles. The first-order chi connectivity index (χ1) is 18.6. The van der Waals surface area contributed by atoms with Crippen LogP contribution in [0, 0.1) is 11.6 Å². The molecule has 0 aliphatic rings.